The highest BCUT2D eigenvalue weighted by atomic mass is 35.5. The number of amides is 1. The van der Waals surface area contributed by atoms with E-state index in [1.54, 1.807) is 38.4 Å². The van der Waals surface area contributed by atoms with Crippen molar-refractivity contribution in [1.82, 2.24) is 4.98 Å². The fraction of sp³-hybridized carbons (Fsp3) is 0.217. The Balaban J connectivity index is 2.32. The molecule has 1 heterocycles. The summed E-state index contributed by atoms with van der Waals surface area (Å²) in [5.74, 6) is -0.674. The number of hydrogen-bond acceptors (Lipinski definition) is 5. The van der Waals surface area contributed by atoms with Gasteiger partial charge in [-0.1, -0.05) is 24.2 Å². The molecule has 0 aliphatic rings. The van der Waals surface area contributed by atoms with Gasteiger partial charge in [-0.15, -0.1) is 0 Å². The summed E-state index contributed by atoms with van der Waals surface area (Å²) in [7, 11) is 1.69. The number of nitrogens with zero attached hydrogens (tertiary/aromatic N) is 4. The zero-order valence-electron chi connectivity index (χ0n) is 17.8. The number of nitrogens with one attached hydrogen (secondary N) is 1. The van der Waals surface area contributed by atoms with Crippen molar-refractivity contribution in [2.45, 2.75) is 19.8 Å². The van der Waals surface area contributed by atoms with Crippen molar-refractivity contribution in [3.63, 3.8) is 0 Å². The summed E-state index contributed by atoms with van der Waals surface area (Å²) >= 11 is 6.39. The van der Waals surface area contributed by atoms with Gasteiger partial charge in [0, 0.05) is 42.0 Å². The number of aliphatic imine (C=N–C) groups is 3. The van der Waals surface area contributed by atoms with Crippen LogP contribution in [0, 0.1) is 12.3 Å². The molecule has 7 nitrogen and oxygen atoms in total. The molecule has 0 saturated carbocycles. The Morgan fingerprint density at radius 2 is 2.10 bits per heavy atom. The highest BCUT2D eigenvalue weighted by Gasteiger charge is 2.15. The van der Waals surface area contributed by atoms with Crippen molar-refractivity contribution >= 4 is 41.0 Å². The van der Waals surface area contributed by atoms with E-state index >= 15 is 0 Å². The van der Waals surface area contributed by atoms with E-state index in [0.717, 1.165) is 16.8 Å². The topological polar surface area (TPSA) is 117 Å². The molecule has 1 aromatic carbocycles. The summed E-state index contributed by atoms with van der Waals surface area (Å²) in [6.07, 6.45) is 5.95. The van der Waals surface area contributed by atoms with Gasteiger partial charge in [-0.3, -0.25) is 19.8 Å². The van der Waals surface area contributed by atoms with Crippen molar-refractivity contribution in [2.24, 2.45) is 20.7 Å². The number of allylic oxidation sites excluding steroid dienone is 1. The van der Waals surface area contributed by atoms with Gasteiger partial charge in [-0.05, 0) is 49.2 Å². The first-order valence-electron chi connectivity index (χ1n) is 9.50. The van der Waals surface area contributed by atoms with E-state index < -0.39 is 5.91 Å². The van der Waals surface area contributed by atoms with Gasteiger partial charge in [0.2, 0.25) is 0 Å². The van der Waals surface area contributed by atoms with Gasteiger partial charge in [0.15, 0.2) is 0 Å². The van der Waals surface area contributed by atoms with E-state index in [2.05, 4.69) is 26.5 Å². The second-order valence-electron chi connectivity index (χ2n) is 6.75. The van der Waals surface area contributed by atoms with E-state index in [9.17, 15) is 4.79 Å². The fourth-order valence-corrected chi connectivity index (χ4v) is 3.08. The average molecular weight is 437 g/mol. The molecule has 3 N–H and O–H groups in total. The van der Waals surface area contributed by atoms with Gasteiger partial charge in [0.05, 0.1) is 23.7 Å². The lowest BCUT2D eigenvalue weighted by molar-refractivity contribution is 0.100. The van der Waals surface area contributed by atoms with Crippen LogP contribution in [0.25, 0.3) is 0 Å². The van der Waals surface area contributed by atoms with Crippen LogP contribution in [0.1, 0.15) is 39.9 Å². The number of carbonyl (C=O) groups excluding carboxylic acids is 1. The molecular weight excluding hydrogens is 412 g/mol. The summed E-state index contributed by atoms with van der Waals surface area (Å²) < 4.78 is 0. The summed E-state index contributed by atoms with van der Waals surface area (Å²) in [6, 6.07) is 7.18. The molecule has 1 amide bonds. The maximum absolute atomic E-state index is 12.3. The van der Waals surface area contributed by atoms with E-state index in [0.29, 0.717) is 21.9 Å². The molecule has 0 spiro atoms. The fourth-order valence-electron chi connectivity index (χ4n) is 2.87. The predicted octanol–water partition coefficient (Wildman–Crippen LogP) is 4.04. The van der Waals surface area contributed by atoms with Crippen molar-refractivity contribution in [2.75, 3.05) is 13.6 Å². The van der Waals surface area contributed by atoms with Gasteiger partial charge in [-0.25, -0.2) is 0 Å². The van der Waals surface area contributed by atoms with E-state index in [1.807, 2.05) is 19.1 Å². The molecular formula is C23H25ClN6O. The van der Waals surface area contributed by atoms with Gasteiger partial charge < -0.3 is 11.1 Å². The highest BCUT2D eigenvalue weighted by molar-refractivity contribution is 6.35. The highest BCUT2D eigenvalue weighted by Crippen LogP contribution is 2.24. The minimum Gasteiger partial charge on any atom is -0.385 e. The van der Waals surface area contributed by atoms with Crippen LogP contribution in [-0.2, 0) is 0 Å². The third-order valence-corrected chi connectivity index (χ3v) is 5.04. The normalized spacial score (nSPS) is 13.6. The Morgan fingerprint density at radius 3 is 2.71 bits per heavy atom. The quantitative estimate of drug-likeness (QED) is 0.480. The van der Waals surface area contributed by atoms with E-state index in [1.165, 1.54) is 12.4 Å². The minimum atomic E-state index is -0.471. The number of rotatable bonds is 8. The maximum atomic E-state index is 12.3. The second kappa shape index (κ2) is 11.1. The van der Waals surface area contributed by atoms with Crippen LogP contribution in [0.2, 0.25) is 5.02 Å². The number of pyridine rings is 1. The molecule has 0 radical (unpaired) electrons. The Morgan fingerprint density at radius 1 is 1.35 bits per heavy atom. The van der Waals surface area contributed by atoms with Crippen LogP contribution in [0.5, 0.6) is 0 Å². The molecule has 160 valence electrons. The molecule has 8 heteroatoms. The van der Waals surface area contributed by atoms with Crippen molar-refractivity contribution in [3.8, 4) is 0 Å². The van der Waals surface area contributed by atoms with Crippen LogP contribution in [0.4, 0.5) is 0 Å². The number of halogens is 1. The SMILES string of the molecule is C=CC(=NCC(N)=NC(=O)c1cnccc1C)c1cc(C(C=N)C(C)=NC)ccc1Cl. The van der Waals surface area contributed by atoms with Gasteiger partial charge in [0.25, 0.3) is 5.91 Å². The third kappa shape index (κ3) is 6.02. The zero-order valence-corrected chi connectivity index (χ0v) is 18.5. The predicted molar refractivity (Wildman–Crippen MR) is 129 cm³/mol. The van der Waals surface area contributed by atoms with Crippen molar-refractivity contribution in [3.05, 3.63) is 76.6 Å². The van der Waals surface area contributed by atoms with Crippen LogP contribution < -0.4 is 5.73 Å². The van der Waals surface area contributed by atoms with E-state index in [4.69, 9.17) is 22.7 Å². The molecule has 2 aromatic rings. The molecule has 0 saturated heterocycles. The molecule has 1 atom stereocenters. The smallest absolute Gasteiger partial charge is 0.280 e. The first-order valence-corrected chi connectivity index (χ1v) is 9.88. The summed E-state index contributed by atoms with van der Waals surface area (Å²) in [5.41, 5.74) is 9.90. The van der Waals surface area contributed by atoms with Crippen molar-refractivity contribution in [1.29, 1.82) is 5.41 Å². The number of amidine groups is 1. The minimum absolute atomic E-state index is 0.00357. The number of hydrogen-bond donors (Lipinski definition) is 2. The molecule has 0 aliphatic carbocycles. The number of nitrogens with two attached hydrogens (primary N) is 1. The molecule has 0 bridgehead atoms. The summed E-state index contributed by atoms with van der Waals surface area (Å²) in [5, 5.41) is 8.22. The molecule has 31 heavy (non-hydrogen) atoms. The standard InChI is InChI=1S/C23H25ClN6O/c1-5-21(17-10-16(6-7-20(17)24)18(11-25)15(3)27-4)29-13-22(26)30-23(31)19-12-28-9-8-14(19)2/h5-12,18,25H,1,13H2,2-4H3,(H2,26,30,31). The molecule has 0 aliphatic heterocycles. The summed E-state index contributed by atoms with van der Waals surface area (Å²) in [4.78, 5) is 28.8. The maximum Gasteiger partial charge on any atom is 0.280 e. The largest absolute Gasteiger partial charge is 0.385 e. The lowest BCUT2D eigenvalue weighted by Crippen LogP contribution is -2.19. The molecule has 2 rings (SSSR count). The summed E-state index contributed by atoms with van der Waals surface area (Å²) in [6.45, 7) is 7.47. The number of aromatic nitrogens is 1. The van der Waals surface area contributed by atoms with Crippen LogP contribution >= 0.6 is 11.6 Å². The molecule has 1 unspecified atom stereocenters. The van der Waals surface area contributed by atoms with Gasteiger partial charge in [0.1, 0.15) is 5.84 Å². The monoisotopic (exact) mass is 436 g/mol. The Hall–Kier alpha value is -3.45. The number of benzene rings is 1. The first kappa shape index (κ1) is 23.8. The molecule has 0 fully saturated rings. The van der Waals surface area contributed by atoms with E-state index in [-0.39, 0.29) is 18.3 Å². The van der Waals surface area contributed by atoms with Gasteiger partial charge >= 0.3 is 0 Å². The van der Waals surface area contributed by atoms with Crippen molar-refractivity contribution < 1.29 is 4.79 Å². The number of aryl methyl sites for hydroxylation is 1. The van der Waals surface area contributed by atoms with Crippen LogP contribution in [0.3, 0.4) is 0 Å². The number of carbonyl (C=O) groups is 1. The lowest BCUT2D eigenvalue weighted by atomic mass is 9.93. The Labute approximate surface area is 187 Å². The Kier molecular flexibility index (Phi) is 8.52. The molecule has 1 aromatic heterocycles. The van der Waals surface area contributed by atoms with Crippen LogP contribution in [0.15, 0.2) is 64.3 Å². The zero-order chi connectivity index (χ0) is 23.0. The first-order chi connectivity index (χ1) is 14.8. The van der Waals surface area contributed by atoms with Crippen LogP contribution in [-0.4, -0.2) is 48.0 Å². The average Bonchev–Trinajstić information content (AvgIpc) is 2.76. The third-order valence-electron chi connectivity index (χ3n) is 4.71. The lowest BCUT2D eigenvalue weighted by Gasteiger charge is -2.14. The second-order valence-corrected chi connectivity index (χ2v) is 7.16. The van der Waals surface area contributed by atoms with Gasteiger partial charge in [-0.2, -0.15) is 4.99 Å². The Bertz CT molecular complexity index is 1090.